The molecule has 4 aromatic rings. The van der Waals surface area contributed by atoms with Crippen LogP contribution in [0.2, 0.25) is 0 Å². The Morgan fingerprint density at radius 2 is 1.72 bits per heavy atom. The zero-order valence-electron chi connectivity index (χ0n) is 16.7. The molecule has 0 radical (unpaired) electrons. The van der Waals surface area contributed by atoms with Gasteiger partial charge in [-0.15, -0.1) is 22.7 Å². The van der Waals surface area contributed by atoms with Crippen LogP contribution < -0.4 is 4.90 Å². The molecule has 0 bridgehead atoms. The van der Waals surface area contributed by atoms with Crippen LogP contribution in [0.1, 0.15) is 15.2 Å². The van der Waals surface area contributed by atoms with Crippen LogP contribution in [0.25, 0.3) is 20.1 Å². The van der Waals surface area contributed by atoms with E-state index in [0.717, 1.165) is 32.4 Å². The van der Waals surface area contributed by atoms with Gasteiger partial charge in [0.25, 0.3) is 5.91 Å². The Hall–Kier alpha value is -2.98. The molecule has 0 saturated carbocycles. The first-order chi connectivity index (χ1) is 15.4. The average Bonchev–Trinajstić information content (AvgIpc) is 3.45. The largest absolute Gasteiger partial charge is 0.417 e. The predicted molar refractivity (Wildman–Crippen MR) is 120 cm³/mol. The first kappa shape index (κ1) is 20.9. The predicted octanol–water partition coefficient (Wildman–Crippen LogP) is 5.40. The SMILES string of the molecule is O=C(c1ccc(-c2nc3ccccc3s2)s1)N1CCN(c2ccc(C(F)(F)F)cn2)CC1. The van der Waals surface area contributed by atoms with E-state index in [0.29, 0.717) is 36.9 Å². The number of aromatic nitrogens is 2. The van der Waals surface area contributed by atoms with Gasteiger partial charge in [0.1, 0.15) is 10.8 Å². The number of benzene rings is 1. The van der Waals surface area contributed by atoms with Gasteiger partial charge in [0.2, 0.25) is 0 Å². The number of thiazole rings is 1. The highest BCUT2D eigenvalue weighted by Crippen LogP contribution is 2.35. The zero-order chi connectivity index (χ0) is 22.3. The number of hydrogen-bond donors (Lipinski definition) is 0. The molecule has 1 aliphatic heterocycles. The number of carbonyl (C=O) groups excluding carboxylic acids is 1. The molecule has 1 aliphatic rings. The van der Waals surface area contributed by atoms with Gasteiger partial charge in [-0.1, -0.05) is 12.1 Å². The molecule has 0 atom stereocenters. The van der Waals surface area contributed by atoms with E-state index in [1.54, 1.807) is 16.2 Å². The molecule has 5 rings (SSSR count). The summed E-state index contributed by atoms with van der Waals surface area (Å²) in [6.45, 7) is 1.99. The van der Waals surface area contributed by atoms with Crippen LogP contribution >= 0.6 is 22.7 Å². The molecule has 1 saturated heterocycles. The van der Waals surface area contributed by atoms with Crippen molar-refractivity contribution in [1.82, 2.24) is 14.9 Å². The van der Waals surface area contributed by atoms with Crippen molar-refractivity contribution in [1.29, 1.82) is 0 Å². The minimum atomic E-state index is -4.40. The van der Waals surface area contributed by atoms with E-state index in [4.69, 9.17) is 0 Å². The smallest absolute Gasteiger partial charge is 0.353 e. The van der Waals surface area contributed by atoms with Crippen LogP contribution in [0.4, 0.5) is 19.0 Å². The van der Waals surface area contributed by atoms with Crippen molar-refractivity contribution < 1.29 is 18.0 Å². The summed E-state index contributed by atoms with van der Waals surface area (Å²) >= 11 is 3.03. The Morgan fingerprint density at radius 3 is 2.41 bits per heavy atom. The molecule has 0 spiro atoms. The van der Waals surface area contributed by atoms with Crippen molar-refractivity contribution >= 4 is 44.6 Å². The van der Waals surface area contributed by atoms with Gasteiger partial charge in [0.05, 0.1) is 25.5 Å². The molecular formula is C22H17F3N4OS2. The lowest BCUT2D eigenvalue weighted by molar-refractivity contribution is -0.137. The average molecular weight is 475 g/mol. The van der Waals surface area contributed by atoms with E-state index in [9.17, 15) is 18.0 Å². The van der Waals surface area contributed by atoms with Gasteiger partial charge in [-0.3, -0.25) is 4.79 Å². The Labute approximate surface area is 189 Å². The van der Waals surface area contributed by atoms with Gasteiger partial charge < -0.3 is 9.80 Å². The molecule has 1 amide bonds. The third-order valence-corrected chi connectivity index (χ3v) is 7.57. The summed E-state index contributed by atoms with van der Waals surface area (Å²) in [4.78, 5) is 26.9. The maximum Gasteiger partial charge on any atom is 0.417 e. The molecule has 0 unspecified atom stereocenters. The molecule has 5 nitrogen and oxygen atoms in total. The molecule has 1 aromatic carbocycles. The highest BCUT2D eigenvalue weighted by atomic mass is 32.1. The quantitative estimate of drug-likeness (QED) is 0.399. The molecule has 4 heterocycles. The normalized spacial score (nSPS) is 14.8. The Morgan fingerprint density at radius 1 is 0.938 bits per heavy atom. The number of hydrogen-bond acceptors (Lipinski definition) is 6. The first-order valence-corrected chi connectivity index (χ1v) is 11.5. The summed E-state index contributed by atoms with van der Waals surface area (Å²) in [5, 5.41) is 0.897. The van der Waals surface area contributed by atoms with Crippen LogP contribution in [-0.4, -0.2) is 47.0 Å². The number of halogens is 3. The van der Waals surface area contributed by atoms with E-state index in [2.05, 4.69) is 9.97 Å². The number of alkyl halides is 3. The highest BCUT2D eigenvalue weighted by molar-refractivity contribution is 7.26. The van der Waals surface area contributed by atoms with Gasteiger partial charge in [-0.2, -0.15) is 13.2 Å². The molecule has 3 aromatic heterocycles. The van der Waals surface area contributed by atoms with Crippen molar-refractivity contribution in [3.05, 3.63) is 65.2 Å². The number of carbonyl (C=O) groups is 1. The summed E-state index contributed by atoms with van der Waals surface area (Å²) in [6, 6.07) is 14.1. The van der Waals surface area contributed by atoms with Gasteiger partial charge >= 0.3 is 6.18 Å². The van der Waals surface area contributed by atoms with Gasteiger partial charge in [0.15, 0.2) is 0 Å². The Bertz CT molecular complexity index is 1230. The fourth-order valence-electron chi connectivity index (χ4n) is 3.58. The standard InChI is InChI=1S/C22H17F3N4OS2/c23-22(24,25)14-5-8-19(26-13-14)28-9-11-29(12-10-28)21(30)18-7-6-17(31-18)20-27-15-3-1-2-4-16(15)32-20/h1-8,13H,9-12H2. The highest BCUT2D eigenvalue weighted by Gasteiger charge is 2.31. The van der Waals surface area contributed by atoms with Crippen LogP contribution in [0.3, 0.4) is 0 Å². The van der Waals surface area contributed by atoms with E-state index >= 15 is 0 Å². The number of para-hydroxylation sites is 1. The summed E-state index contributed by atoms with van der Waals surface area (Å²) in [7, 11) is 0. The third kappa shape index (κ3) is 4.07. The van der Waals surface area contributed by atoms with Crippen molar-refractivity contribution in [3.8, 4) is 9.88 Å². The summed E-state index contributed by atoms with van der Waals surface area (Å²) < 4.78 is 39.3. The lowest BCUT2D eigenvalue weighted by Crippen LogP contribution is -2.48. The maximum atomic E-state index is 13.0. The molecule has 164 valence electrons. The van der Waals surface area contributed by atoms with Crippen LogP contribution in [0.15, 0.2) is 54.7 Å². The minimum absolute atomic E-state index is 0.0395. The van der Waals surface area contributed by atoms with Crippen molar-refractivity contribution in [2.75, 3.05) is 31.1 Å². The van der Waals surface area contributed by atoms with Gasteiger partial charge in [0, 0.05) is 32.4 Å². The Balaban J connectivity index is 1.24. The second-order valence-electron chi connectivity index (χ2n) is 7.33. The van der Waals surface area contributed by atoms with Gasteiger partial charge in [-0.05, 0) is 36.4 Å². The van der Waals surface area contributed by atoms with E-state index in [-0.39, 0.29) is 5.91 Å². The van der Waals surface area contributed by atoms with Crippen LogP contribution in [-0.2, 0) is 6.18 Å². The number of amides is 1. The third-order valence-electron chi connectivity index (χ3n) is 5.29. The minimum Gasteiger partial charge on any atom is -0.353 e. The molecule has 32 heavy (non-hydrogen) atoms. The molecule has 10 heteroatoms. The fraction of sp³-hybridized carbons (Fsp3) is 0.227. The van der Waals surface area contributed by atoms with Crippen molar-refractivity contribution in [3.63, 3.8) is 0 Å². The lowest BCUT2D eigenvalue weighted by atomic mass is 10.2. The van der Waals surface area contributed by atoms with Crippen LogP contribution in [0.5, 0.6) is 0 Å². The number of pyridine rings is 1. The fourth-order valence-corrected chi connectivity index (χ4v) is 5.57. The summed E-state index contributed by atoms with van der Waals surface area (Å²) in [6.07, 6.45) is -3.55. The van der Waals surface area contributed by atoms with E-state index in [1.165, 1.54) is 17.4 Å². The second kappa shape index (κ2) is 8.18. The van der Waals surface area contributed by atoms with Gasteiger partial charge in [-0.25, -0.2) is 9.97 Å². The molecule has 0 N–H and O–H groups in total. The number of piperazine rings is 1. The number of rotatable bonds is 3. The molecule has 0 aliphatic carbocycles. The summed E-state index contributed by atoms with van der Waals surface area (Å²) in [5.41, 5.74) is 0.179. The Kier molecular flexibility index (Phi) is 5.34. The number of nitrogens with zero attached hydrogens (tertiary/aromatic N) is 4. The van der Waals surface area contributed by atoms with Crippen LogP contribution in [0, 0.1) is 0 Å². The monoisotopic (exact) mass is 474 g/mol. The first-order valence-electron chi connectivity index (χ1n) is 9.92. The topological polar surface area (TPSA) is 49.3 Å². The zero-order valence-corrected chi connectivity index (χ0v) is 18.3. The van der Waals surface area contributed by atoms with Crippen molar-refractivity contribution in [2.45, 2.75) is 6.18 Å². The number of fused-ring (bicyclic) bond motifs is 1. The summed E-state index contributed by atoms with van der Waals surface area (Å²) in [5.74, 6) is 0.446. The van der Waals surface area contributed by atoms with Crippen molar-refractivity contribution in [2.24, 2.45) is 0 Å². The maximum absolute atomic E-state index is 13.0. The molecular weight excluding hydrogens is 457 g/mol. The number of anilines is 1. The molecule has 1 fully saturated rings. The number of thiophene rings is 1. The second-order valence-corrected chi connectivity index (χ2v) is 9.45. The van der Waals surface area contributed by atoms with E-state index < -0.39 is 11.7 Å². The lowest BCUT2D eigenvalue weighted by Gasteiger charge is -2.35. The van der Waals surface area contributed by atoms with E-state index in [1.807, 2.05) is 41.3 Å².